The van der Waals surface area contributed by atoms with Gasteiger partial charge in [0.05, 0.1) is 6.54 Å². The van der Waals surface area contributed by atoms with Crippen molar-refractivity contribution in [2.24, 2.45) is 0 Å². The van der Waals surface area contributed by atoms with Crippen LogP contribution in [0.3, 0.4) is 0 Å². The molecule has 0 spiro atoms. The molecule has 0 N–H and O–H groups in total. The van der Waals surface area contributed by atoms with Crippen LogP contribution in [0.5, 0.6) is 0 Å². The second kappa shape index (κ2) is 10.5. The number of nitrogens with zero attached hydrogens (tertiary/aromatic N) is 1. The van der Waals surface area contributed by atoms with Crippen LogP contribution >= 0.6 is 35.6 Å². The van der Waals surface area contributed by atoms with Gasteiger partial charge in [0.1, 0.15) is 5.60 Å². The zero-order valence-electron chi connectivity index (χ0n) is 10.1. The highest BCUT2D eigenvalue weighted by Gasteiger charge is 2.10. The van der Waals surface area contributed by atoms with Crippen LogP contribution in [0.15, 0.2) is 0 Å². The maximum atomic E-state index is 5.67. The van der Waals surface area contributed by atoms with E-state index in [0.717, 1.165) is 13.1 Å². The Kier molecular flexibility index (Phi) is 12.3. The topological polar surface area (TPSA) is 12.5 Å². The predicted octanol–water partition coefficient (Wildman–Crippen LogP) is 2.62. The van der Waals surface area contributed by atoms with Crippen LogP contribution in [0.4, 0.5) is 0 Å². The van der Waals surface area contributed by atoms with Crippen molar-refractivity contribution in [1.29, 1.82) is 0 Å². The molecule has 0 unspecified atom stereocenters. The van der Waals surface area contributed by atoms with Crippen molar-refractivity contribution in [2.45, 2.75) is 19.4 Å². The first-order chi connectivity index (χ1) is 7.05. The molecule has 0 fully saturated rings. The molecule has 0 rings (SSSR count). The van der Waals surface area contributed by atoms with E-state index in [-0.39, 0.29) is 18.0 Å². The van der Waals surface area contributed by atoms with Crippen molar-refractivity contribution in [3.63, 3.8) is 0 Å². The summed E-state index contributed by atoms with van der Waals surface area (Å²) in [6.45, 7) is 6.19. The highest BCUT2D eigenvalue weighted by atomic mass is 35.5. The second-order valence-electron chi connectivity index (χ2n) is 3.67. The molecule has 0 heterocycles. The van der Waals surface area contributed by atoms with Crippen molar-refractivity contribution in [3.05, 3.63) is 0 Å². The number of alkyl halides is 2. The number of ether oxygens (including phenoxy) is 1. The Labute approximate surface area is 115 Å². The van der Waals surface area contributed by atoms with E-state index in [4.69, 9.17) is 27.9 Å². The fourth-order valence-corrected chi connectivity index (χ4v) is 1.40. The zero-order valence-corrected chi connectivity index (χ0v) is 12.4. The molecule has 0 saturated carbocycles. The number of halogens is 3. The van der Waals surface area contributed by atoms with Gasteiger partial charge >= 0.3 is 0 Å². The lowest BCUT2D eigenvalue weighted by Crippen LogP contribution is -2.29. The van der Waals surface area contributed by atoms with Crippen LogP contribution in [-0.2, 0) is 4.74 Å². The normalized spacial score (nSPS) is 10.6. The second-order valence-corrected chi connectivity index (χ2v) is 4.43. The molecule has 0 bridgehead atoms. The van der Waals surface area contributed by atoms with E-state index in [1.54, 1.807) is 7.11 Å². The zero-order chi connectivity index (χ0) is 11.7. The van der Waals surface area contributed by atoms with Crippen molar-refractivity contribution in [3.8, 4) is 11.8 Å². The minimum atomic E-state index is -0.381. The van der Waals surface area contributed by atoms with Gasteiger partial charge in [0.25, 0.3) is 0 Å². The average molecular weight is 289 g/mol. The quantitative estimate of drug-likeness (QED) is 0.550. The first kappa shape index (κ1) is 18.7. The monoisotopic (exact) mass is 287 g/mol. The molecule has 0 atom stereocenters. The maximum Gasteiger partial charge on any atom is 0.122 e. The Hall–Kier alpha value is 0.350. The molecule has 0 aromatic rings. The van der Waals surface area contributed by atoms with Crippen LogP contribution < -0.4 is 0 Å². The molecular weight excluding hydrogens is 268 g/mol. The van der Waals surface area contributed by atoms with Gasteiger partial charge in [-0.3, -0.25) is 4.90 Å². The van der Waals surface area contributed by atoms with Gasteiger partial charge in [-0.2, -0.15) is 0 Å². The summed E-state index contributed by atoms with van der Waals surface area (Å²) in [4.78, 5) is 2.12. The molecule has 0 aliphatic heterocycles. The van der Waals surface area contributed by atoms with Crippen LogP contribution in [0.25, 0.3) is 0 Å². The fraction of sp³-hybridized carbons (Fsp3) is 0.818. The van der Waals surface area contributed by atoms with E-state index in [1.165, 1.54) is 0 Å². The lowest BCUT2D eigenvalue weighted by atomic mass is 10.1. The molecule has 96 valence electrons. The summed E-state index contributed by atoms with van der Waals surface area (Å²) >= 11 is 11.3. The Morgan fingerprint density at radius 2 is 1.69 bits per heavy atom. The third-order valence-corrected chi connectivity index (χ3v) is 2.34. The molecule has 5 heteroatoms. The van der Waals surface area contributed by atoms with E-state index in [9.17, 15) is 0 Å². The first-order valence-corrected chi connectivity index (χ1v) is 6.02. The Bertz CT molecular complexity index is 217. The van der Waals surface area contributed by atoms with Gasteiger partial charge in [-0.25, -0.2) is 0 Å². The minimum absolute atomic E-state index is 0. The first-order valence-electron chi connectivity index (χ1n) is 4.95. The van der Waals surface area contributed by atoms with Crippen molar-refractivity contribution < 1.29 is 4.74 Å². The SMILES string of the molecule is COC(C)(C)C#CCN(CCCl)CCCl.Cl. The van der Waals surface area contributed by atoms with Crippen molar-refractivity contribution in [2.75, 3.05) is 38.5 Å². The summed E-state index contributed by atoms with van der Waals surface area (Å²) in [6, 6.07) is 0. The van der Waals surface area contributed by atoms with Crippen LogP contribution in [0.2, 0.25) is 0 Å². The van der Waals surface area contributed by atoms with E-state index in [2.05, 4.69) is 16.7 Å². The van der Waals surface area contributed by atoms with E-state index in [0.29, 0.717) is 18.3 Å². The molecule has 2 nitrogen and oxygen atoms in total. The summed E-state index contributed by atoms with van der Waals surface area (Å²) in [6.07, 6.45) is 0. The summed E-state index contributed by atoms with van der Waals surface area (Å²) < 4.78 is 5.20. The van der Waals surface area contributed by atoms with E-state index < -0.39 is 0 Å². The molecule has 0 amide bonds. The molecule has 0 aromatic heterocycles. The van der Waals surface area contributed by atoms with E-state index in [1.807, 2.05) is 13.8 Å². The van der Waals surface area contributed by atoms with Crippen LogP contribution in [-0.4, -0.2) is 49.0 Å². The molecule has 16 heavy (non-hydrogen) atoms. The van der Waals surface area contributed by atoms with Gasteiger partial charge in [0, 0.05) is 32.0 Å². The lowest BCUT2D eigenvalue weighted by molar-refractivity contribution is 0.0740. The number of hydrogen-bond donors (Lipinski definition) is 0. The number of methoxy groups -OCH3 is 1. The van der Waals surface area contributed by atoms with Crippen molar-refractivity contribution >= 4 is 35.6 Å². The van der Waals surface area contributed by atoms with Gasteiger partial charge in [-0.15, -0.1) is 35.6 Å². The summed E-state index contributed by atoms with van der Waals surface area (Å²) in [5, 5.41) is 0. The third-order valence-electron chi connectivity index (χ3n) is 2.00. The Balaban J connectivity index is 0. The summed E-state index contributed by atoms with van der Waals surface area (Å²) in [7, 11) is 1.66. The standard InChI is InChI=1S/C11H19Cl2NO.ClH/c1-11(2,15-3)5-4-8-14(9-6-12)10-7-13;/h6-10H2,1-3H3;1H. The lowest BCUT2D eigenvalue weighted by Gasteiger charge is -2.18. The Morgan fingerprint density at radius 3 is 2.06 bits per heavy atom. The smallest absolute Gasteiger partial charge is 0.122 e. The van der Waals surface area contributed by atoms with Gasteiger partial charge in [-0.1, -0.05) is 11.8 Å². The molecule has 0 saturated heterocycles. The van der Waals surface area contributed by atoms with Gasteiger partial charge in [-0.05, 0) is 13.8 Å². The maximum absolute atomic E-state index is 5.67. The molecule has 0 aromatic carbocycles. The summed E-state index contributed by atoms with van der Waals surface area (Å²) in [5.74, 6) is 7.34. The Morgan fingerprint density at radius 1 is 1.19 bits per heavy atom. The fourth-order valence-electron chi connectivity index (χ4n) is 0.924. The largest absolute Gasteiger partial charge is 0.366 e. The van der Waals surface area contributed by atoms with Gasteiger partial charge in [0.2, 0.25) is 0 Å². The average Bonchev–Trinajstić information content (AvgIpc) is 2.18. The predicted molar refractivity (Wildman–Crippen MR) is 74.0 cm³/mol. The van der Waals surface area contributed by atoms with Crippen LogP contribution in [0, 0.1) is 11.8 Å². The highest BCUT2D eigenvalue weighted by Crippen LogP contribution is 2.04. The summed E-state index contributed by atoms with van der Waals surface area (Å²) in [5.41, 5.74) is -0.381. The molecular formula is C11H20Cl3NO. The number of rotatable bonds is 6. The molecule has 0 radical (unpaired) electrons. The van der Waals surface area contributed by atoms with Crippen LogP contribution in [0.1, 0.15) is 13.8 Å². The molecule has 0 aliphatic rings. The van der Waals surface area contributed by atoms with Crippen molar-refractivity contribution in [1.82, 2.24) is 4.90 Å². The number of hydrogen-bond acceptors (Lipinski definition) is 2. The highest BCUT2D eigenvalue weighted by molar-refractivity contribution is 6.18. The van der Waals surface area contributed by atoms with E-state index >= 15 is 0 Å². The minimum Gasteiger partial charge on any atom is -0.366 e. The van der Waals surface area contributed by atoms with Gasteiger partial charge < -0.3 is 4.74 Å². The third kappa shape index (κ3) is 9.57. The molecule has 0 aliphatic carbocycles. The van der Waals surface area contributed by atoms with Gasteiger partial charge in [0.15, 0.2) is 0 Å².